The lowest BCUT2D eigenvalue weighted by atomic mass is 10.1. The number of nitrogens with zero attached hydrogens (tertiary/aromatic N) is 1. The minimum atomic E-state index is -0.253. The Bertz CT molecular complexity index is 815. The van der Waals surface area contributed by atoms with Crippen LogP contribution >= 0.6 is 0 Å². The van der Waals surface area contributed by atoms with Crippen molar-refractivity contribution >= 4 is 17.5 Å². The Labute approximate surface area is 171 Å². The van der Waals surface area contributed by atoms with Gasteiger partial charge in [-0.3, -0.25) is 9.59 Å². The number of amides is 2. The van der Waals surface area contributed by atoms with E-state index in [1.165, 1.54) is 4.90 Å². The molecule has 156 valence electrons. The second-order valence-electron chi connectivity index (χ2n) is 6.41. The van der Waals surface area contributed by atoms with Crippen molar-refractivity contribution in [1.29, 1.82) is 0 Å². The number of hydrogen-bond donors (Lipinski definition) is 1. The predicted octanol–water partition coefficient (Wildman–Crippen LogP) is 3.13. The Kier molecular flexibility index (Phi) is 8.33. The summed E-state index contributed by atoms with van der Waals surface area (Å²) in [4.78, 5) is 26.5. The number of methoxy groups -OCH3 is 3. The first kappa shape index (κ1) is 22.1. The molecule has 0 aliphatic carbocycles. The summed E-state index contributed by atoms with van der Waals surface area (Å²) in [5.74, 6) is 1.67. The van der Waals surface area contributed by atoms with Crippen LogP contribution in [0.15, 0.2) is 42.5 Å². The predicted molar refractivity (Wildman–Crippen MR) is 112 cm³/mol. The summed E-state index contributed by atoms with van der Waals surface area (Å²) in [5, 5.41) is 2.79. The van der Waals surface area contributed by atoms with Crippen LogP contribution in [0.25, 0.3) is 0 Å². The van der Waals surface area contributed by atoms with E-state index in [9.17, 15) is 9.59 Å². The molecule has 0 fully saturated rings. The van der Waals surface area contributed by atoms with E-state index in [2.05, 4.69) is 5.32 Å². The maximum Gasteiger partial charge on any atom is 0.243 e. The Hall–Kier alpha value is -3.22. The Balaban J connectivity index is 1.93. The summed E-state index contributed by atoms with van der Waals surface area (Å²) in [6.45, 7) is 2.30. The molecule has 0 aliphatic rings. The Morgan fingerprint density at radius 1 is 0.931 bits per heavy atom. The van der Waals surface area contributed by atoms with Crippen molar-refractivity contribution in [2.75, 3.05) is 39.7 Å². The lowest BCUT2D eigenvalue weighted by Crippen LogP contribution is -2.38. The largest absolute Gasteiger partial charge is 0.497 e. The molecule has 7 heteroatoms. The van der Waals surface area contributed by atoms with Crippen LogP contribution in [0.2, 0.25) is 0 Å². The molecule has 0 saturated heterocycles. The highest BCUT2D eigenvalue weighted by Crippen LogP contribution is 2.23. The zero-order valence-corrected chi connectivity index (χ0v) is 17.4. The Morgan fingerprint density at radius 2 is 1.59 bits per heavy atom. The number of ether oxygens (including phenoxy) is 3. The summed E-state index contributed by atoms with van der Waals surface area (Å²) >= 11 is 0. The zero-order valence-electron chi connectivity index (χ0n) is 17.4. The van der Waals surface area contributed by atoms with Gasteiger partial charge in [-0.25, -0.2) is 0 Å². The summed E-state index contributed by atoms with van der Waals surface area (Å²) in [6.07, 6.45) is 0.816. The van der Waals surface area contributed by atoms with E-state index < -0.39 is 0 Å². The molecular weight excluding hydrogens is 372 g/mol. The lowest BCUT2D eigenvalue weighted by molar-refractivity contribution is -0.134. The molecule has 2 amide bonds. The zero-order chi connectivity index (χ0) is 21.2. The van der Waals surface area contributed by atoms with Gasteiger partial charge in [0.1, 0.15) is 17.2 Å². The minimum Gasteiger partial charge on any atom is -0.497 e. The number of hydrogen-bond acceptors (Lipinski definition) is 5. The molecule has 0 spiro atoms. The number of carbonyl (C=O) groups is 2. The van der Waals surface area contributed by atoms with Gasteiger partial charge in [0.25, 0.3) is 0 Å². The van der Waals surface area contributed by atoms with E-state index >= 15 is 0 Å². The van der Waals surface area contributed by atoms with Crippen LogP contribution in [0.4, 0.5) is 5.69 Å². The van der Waals surface area contributed by atoms with Crippen LogP contribution in [-0.4, -0.2) is 51.1 Å². The maximum atomic E-state index is 12.6. The van der Waals surface area contributed by atoms with Crippen molar-refractivity contribution in [3.05, 3.63) is 48.0 Å². The van der Waals surface area contributed by atoms with Crippen LogP contribution in [-0.2, 0) is 16.0 Å². The van der Waals surface area contributed by atoms with Gasteiger partial charge in [-0.15, -0.1) is 0 Å². The summed E-state index contributed by atoms with van der Waals surface area (Å²) in [5.41, 5.74) is 1.56. The number of aryl methyl sites for hydroxylation is 1. The number of likely N-dealkylation sites (N-methyl/N-ethyl adjacent to an activating group) is 1. The second-order valence-corrected chi connectivity index (χ2v) is 6.41. The molecule has 0 saturated carbocycles. The smallest absolute Gasteiger partial charge is 0.243 e. The third kappa shape index (κ3) is 6.71. The molecule has 0 aliphatic heterocycles. The first-order chi connectivity index (χ1) is 14.0. The van der Waals surface area contributed by atoms with Gasteiger partial charge in [0.15, 0.2) is 0 Å². The number of nitrogens with one attached hydrogen (secondary N) is 1. The number of rotatable bonds is 10. The van der Waals surface area contributed by atoms with E-state index in [1.54, 1.807) is 51.7 Å². The van der Waals surface area contributed by atoms with Crippen molar-refractivity contribution in [3.63, 3.8) is 0 Å². The molecule has 0 heterocycles. The van der Waals surface area contributed by atoms with Crippen molar-refractivity contribution < 1.29 is 23.8 Å². The molecule has 7 nitrogen and oxygen atoms in total. The SMILES string of the molecule is CCN(CC(=O)Nc1cccc(OC)c1)C(=O)CCc1cc(OC)cc(OC)c1. The van der Waals surface area contributed by atoms with Gasteiger partial charge in [-0.2, -0.15) is 0 Å². The van der Waals surface area contributed by atoms with Gasteiger partial charge < -0.3 is 24.4 Å². The maximum absolute atomic E-state index is 12.6. The monoisotopic (exact) mass is 400 g/mol. The number of benzene rings is 2. The van der Waals surface area contributed by atoms with Crippen LogP contribution in [0.3, 0.4) is 0 Å². The molecule has 29 heavy (non-hydrogen) atoms. The second kappa shape index (κ2) is 10.9. The molecule has 2 aromatic carbocycles. The van der Waals surface area contributed by atoms with Crippen LogP contribution in [0, 0.1) is 0 Å². The fraction of sp³-hybridized carbons (Fsp3) is 0.364. The molecule has 0 atom stereocenters. The van der Waals surface area contributed by atoms with Crippen LogP contribution < -0.4 is 19.5 Å². The van der Waals surface area contributed by atoms with E-state index in [0.717, 1.165) is 5.56 Å². The summed E-state index contributed by atoms with van der Waals surface area (Å²) < 4.78 is 15.7. The summed E-state index contributed by atoms with van der Waals surface area (Å²) in [7, 11) is 4.74. The van der Waals surface area contributed by atoms with Gasteiger partial charge in [0.05, 0.1) is 27.9 Å². The quantitative estimate of drug-likeness (QED) is 0.663. The molecular formula is C22H28N2O5. The van der Waals surface area contributed by atoms with Crippen LogP contribution in [0.1, 0.15) is 18.9 Å². The highest BCUT2D eigenvalue weighted by molar-refractivity contribution is 5.94. The molecule has 1 N–H and O–H groups in total. The average Bonchev–Trinajstić information content (AvgIpc) is 2.75. The van der Waals surface area contributed by atoms with Gasteiger partial charge in [-0.05, 0) is 43.2 Å². The van der Waals surface area contributed by atoms with E-state index in [-0.39, 0.29) is 24.8 Å². The molecule has 0 radical (unpaired) electrons. The summed E-state index contributed by atoms with van der Waals surface area (Å²) in [6, 6.07) is 12.6. The highest BCUT2D eigenvalue weighted by atomic mass is 16.5. The first-order valence-electron chi connectivity index (χ1n) is 9.42. The lowest BCUT2D eigenvalue weighted by Gasteiger charge is -2.20. The molecule has 0 unspecified atom stereocenters. The number of carbonyl (C=O) groups excluding carboxylic acids is 2. The van der Waals surface area contributed by atoms with Crippen molar-refractivity contribution in [1.82, 2.24) is 4.90 Å². The topological polar surface area (TPSA) is 77.1 Å². The minimum absolute atomic E-state index is 0.00598. The molecule has 2 aromatic rings. The van der Waals surface area contributed by atoms with Gasteiger partial charge in [0.2, 0.25) is 11.8 Å². The highest BCUT2D eigenvalue weighted by Gasteiger charge is 2.16. The van der Waals surface area contributed by atoms with Crippen molar-refractivity contribution in [2.24, 2.45) is 0 Å². The van der Waals surface area contributed by atoms with Crippen molar-refractivity contribution in [3.8, 4) is 17.2 Å². The molecule has 0 aromatic heterocycles. The van der Waals surface area contributed by atoms with Gasteiger partial charge in [-0.1, -0.05) is 6.07 Å². The fourth-order valence-electron chi connectivity index (χ4n) is 2.87. The molecule has 0 bridgehead atoms. The molecule has 2 rings (SSSR count). The van der Waals surface area contributed by atoms with Crippen molar-refractivity contribution in [2.45, 2.75) is 19.8 Å². The first-order valence-corrected chi connectivity index (χ1v) is 9.42. The Morgan fingerprint density at radius 3 is 2.17 bits per heavy atom. The van der Waals surface area contributed by atoms with Gasteiger partial charge >= 0.3 is 0 Å². The number of anilines is 1. The normalized spacial score (nSPS) is 10.2. The van der Waals surface area contributed by atoms with E-state index in [4.69, 9.17) is 14.2 Å². The standard InChI is InChI=1S/C22H28N2O5/c1-5-24(15-21(25)23-17-7-6-8-18(13-17)27-2)22(26)10-9-16-11-19(28-3)14-20(12-16)29-4/h6-8,11-14H,5,9-10,15H2,1-4H3,(H,23,25). The third-order valence-corrected chi connectivity index (χ3v) is 4.46. The van der Waals surface area contributed by atoms with Crippen LogP contribution in [0.5, 0.6) is 17.2 Å². The van der Waals surface area contributed by atoms with E-state index in [1.807, 2.05) is 19.1 Å². The fourth-order valence-corrected chi connectivity index (χ4v) is 2.87. The van der Waals surface area contributed by atoms with Gasteiger partial charge in [0, 0.05) is 30.8 Å². The average molecular weight is 400 g/mol. The van der Waals surface area contributed by atoms with E-state index in [0.29, 0.717) is 35.9 Å². The third-order valence-electron chi connectivity index (χ3n) is 4.46.